The molecule has 2 rings (SSSR count). The van der Waals surface area contributed by atoms with Gasteiger partial charge >= 0.3 is 0 Å². The Morgan fingerprint density at radius 2 is 2.15 bits per heavy atom. The number of aromatic nitrogens is 3. The van der Waals surface area contributed by atoms with Crippen LogP contribution in [0.5, 0.6) is 0 Å². The summed E-state index contributed by atoms with van der Waals surface area (Å²) in [5, 5.41) is 5.11. The van der Waals surface area contributed by atoms with Crippen LogP contribution in [0.1, 0.15) is 12.6 Å². The molecular weight excluding hydrogens is 209 g/mol. The molecule has 2 heterocycles. The van der Waals surface area contributed by atoms with Gasteiger partial charge in [-0.2, -0.15) is 5.10 Å². The molecule has 0 bridgehead atoms. The van der Waals surface area contributed by atoms with Gasteiger partial charge in [0.25, 0.3) is 0 Å². The van der Waals surface area contributed by atoms with Crippen LogP contribution in [-0.4, -0.2) is 14.6 Å². The van der Waals surface area contributed by atoms with E-state index in [-0.39, 0.29) is 0 Å². The SMILES string of the molecule is CCc1cc2nc(Cl)cc(Cl)n2n1. The topological polar surface area (TPSA) is 30.2 Å². The van der Waals surface area contributed by atoms with E-state index in [1.807, 2.05) is 13.0 Å². The summed E-state index contributed by atoms with van der Waals surface area (Å²) in [6.07, 6.45) is 0.858. The smallest absolute Gasteiger partial charge is 0.158 e. The maximum absolute atomic E-state index is 5.91. The third-order valence-electron chi connectivity index (χ3n) is 1.77. The molecule has 0 fully saturated rings. The van der Waals surface area contributed by atoms with Gasteiger partial charge in [-0.25, -0.2) is 9.50 Å². The van der Waals surface area contributed by atoms with E-state index in [1.54, 1.807) is 10.6 Å². The Morgan fingerprint density at radius 3 is 2.85 bits per heavy atom. The lowest BCUT2D eigenvalue weighted by atomic mass is 10.3. The first-order valence-electron chi connectivity index (χ1n) is 3.91. The van der Waals surface area contributed by atoms with Gasteiger partial charge in [0.15, 0.2) is 5.65 Å². The third kappa shape index (κ3) is 1.49. The molecule has 0 spiro atoms. The Morgan fingerprint density at radius 1 is 1.38 bits per heavy atom. The van der Waals surface area contributed by atoms with Crippen molar-refractivity contribution < 1.29 is 0 Å². The fourth-order valence-electron chi connectivity index (χ4n) is 1.13. The zero-order valence-corrected chi connectivity index (χ0v) is 8.47. The van der Waals surface area contributed by atoms with Crippen LogP contribution >= 0.6 is 23.2 Å². The highest BCUT2D eigenvalue weighted by Crippen LogP contribution is 2.17. The summed E-state index contributed by atoms with van der Waals surface area (Å²) in [5.41, 5.74) is 1.64. The van der Waals surface area contributed by atoms with Gasteiger partial charge in [-0.15, -0.1) is 0 Å². The monoisotopic (exact) mass is 215 g/mol. The van der Waals surface area contributed by atoms with E-state index < -0.39 is 0 Å². The van der Waals surface area contributed by atoms with Gasteiger partial charge in [-0.05, 0) is 6.42 Å². The molecule has 5 heteroatoms. The summed E-state index contributed by atoms with van der Waals surface area (Å²) in [5.74, 6) is 0. The van der Waals surface area contributed by atoms with Crippen molar-refractivity contribution in [1.29, 1.82) is 0 Å². The molecule has 0 aliphatic heterocycles. The minimum absolute atomic E-state index is 0.389. The zero-order valence-electron chi connectivity index (χ0n) is 6.96. The van der Waals surface area contributed by atoms with Gasteiger partial charge in [-0.3, -0.25) is 0 Å². The van der Waals surface area contributed by atoms with Crippen molar-refractivity contribution in [1.82, 2.24) is 14.6 Å². The van der Waals surface area contributed by atoms with Crippen molar-refractivity contribution >= 4 is 28.8 Å². The van der Waals surface area contributed by atoms with Crippen LogP contribution in [0.2, 0.25) is 10.3 Å². The highest BCUT2D eigenvalue weighted by molar-refractivity contribution is 6.33. The van der Waals surface area contributed by atoms with E-state index >= 15 is 0 Å². The van der Waals surface area contributed by atoms with Gasteiger partial charge in [0.1, 0.15) is 10.3 Å². The van der Waals surface area contributed by atoms with E-state index in [2.05, 4.69) is 10.1 Å². The average Bonchev–Trinajstić information content (AvgIpc) is 2.47. The molecule has 0 saturated carbocycles. The van der Waals surface area contributed by atoms with Crippen molar-refractivity contribution in [3.8, 4) is 0 Å². The van der Waals surface area contributed by atoms with E-state index in [9.17, 15) is 0 Å². The Kier molecular flexibility index (Phi) is 2.14. The molecule has 68 valence electrons. The fourth-order valence-corrected chi connectivity index (χ4v) is 1.60. The number of hydrogen-bond donors (Lipinski definition) is 0. The second-order valence-corrected chi connectivity index (χ2v) is 3.44. The molecule has 3 nitrogen and oxygen atoms in total. The molecule has 0 aliphatic carbocycles. The highest BCUT2D eigenvalue weighted by atomic mass is 35.5. The Bertz CT molecular complexity index is 450. The van der Waals surface area contributed by atoms with Gasteiger partial charge in [-0.1, -0.05) is 30.1 Å². The summed E-state index contributed by atoms with van der Waals surface area (Å²) >= 11 is 11.6. The first kappa shape index (κ1) is 8.78. The van der Waals surface area contributed by atoms with Crippen molar-refractivity contribution in [2.24, 2.45) is 0 Å². The minimum atomic E-state index is 0.389. The first-order chi connectivity index (χ1) is 6.20. The summed E-state index contributed by atoms with van der Waals surface area (Å²) in [7, 11) is 0. The van der Waals surface area contributed by atoms with Crippen molar-refractivity contribution in [2.75, 3.05) is 0 Å². The van der Waals surface area contributed by atoms with Crippen molar-refractivity contribution in [3.05, 3.63) is 28.1 Å². The van der Waals surface area contributed by atoms with Gasteiger partial charge < -0.3 is 0 Å². The molecule has 0 saturated heterocycles. The van der Waals surface area contributed by atoms with Crippen LogP contribution in [0.3, 0.4) is 0 Å². The molecule has 0 atom stereocenters. The van der Waals surface area contributed by atoms with Gasteiger partial charge in [0, 0.05) is 12.1 Å². The Balaban J connectivity index is 2.75. The van der Waals surface area contributed by atoms with Crippen LogP contribution in [0.4, 0.5) is 0 Å². The summed E-state index contributed by atoms with van der Waals surface area (Å²) in [6, 6.07) is 3.44. The predicted molar refractivity (Wildman–Crippen MR) is 52.4 cm³/mol. The Hall–Kier alpha value is -0.800. The lowest BCUT2D eigenvalue weighted by molar-refractivity contribution is 0.887. The van der Waals surface area contributed by atoms with Crippen molar-refractivity contribution in [3.63, 3.8) is 0 Å². The molecular formula is C8H7Cl2N3. The lowest BCUT2D eigenvalue weighted by Gasteiger charge is -1.95. The summed E-state index contributed by atoms with van der Waals surface area (Å²) in [6.45, 7) is 2.03. The van der Waals surface area contributed by atoms with E-state index in [1.165, 1.54) is 0 Å². The van der Waals surface area contributed by atoms with Crippen LogP contribution < -0.4 is 0 Å². The number of hydrogen-bond acceptors (Lipinski definition) is 2. The predicted octanol–water partition coefficient (Wildman–Crippen LogP) is 2.60. The standard InChI is InChI=1S/C8H7Cl2N3/c1-2-5-3-8-11-6(9)4-7(10)13(8)12-5/h3-4H,2H2,1H3. The molecule has 0 N–H and O–H groups in total. The molecule has 0 radical (unpaired) electrons. The average molecular weight is 216 g/mol. The van der Waals surface area contributed by atoms with Gasteiger partial charge in [0.05, 0.1) is 5.69 Å². The maximum Gasteiger partial charge on any atom is 0.158 e. The molecule has 0 aliphatic rings. The van der Waals surface area contributed by atoms with E-state index in [0.717, 1.165) is 12.1 Å². The Labute approximate surface area is 85.3 Å². The lowest BCUT2D eigenvalue weighted by Crippen LogP contribution is -1.92. The van der Waals surface area contributed by atoms with Crippen LogP contribution in [0.15, 0.2) is 12.1 Å². The van der Waals surface area contributed by atoms with Crippen LogP contribution in [-0.2, 0) is 6.42 Å². The first-order valence-corrected chi connectivity index (χ1v) is 4.67. The van der Waals surface area contributed by atoms with Crippen LogP contribution in [0, 0.1) is 0 Å². The largest absolute Gasteiger partial charge is 0.217 e. The molecule has 0 unspecified atom stereocenters. The van der Waals surface area contributed by atoms with Crippen LogP contribution in [0.25, 0.3) is 5.65 Å². The highest BCUT2D eigenvalue weighted by Gasteiger charge is 2.05. The molecule has 0 aromatic carbocycles. The number of rotatable bonds is 1. The summed E-state index contributed by atoms with van der Waals surface area (Å²) < 4.78 is 1.58. The van der Waals surface area contributed by atoms with E-state index in [4.69, 9.17) is 23.2 Å². The second-order valence-electron chi connectivity index (χ2n) is 2.66. The maximum atomic E-state index is 5.91. The molecule has 13 heavy (non-hydrogen) atoms. The second kappa shape index (κ2) is 3.16. The quantitative estimate of drug-likeness (QED) is 0.685. The number of nitrogens with zero attached hydrogens (tertiary/aromatic N) is 3. The normalized spacial score (nSPS) is 11.0. The summed E-state index contributed by atoms with van der Waals surface area (Å²) in [4.78, 5) is 4.09. The fraction of sp³-hybridized carbons (Fsp3) is 0.250. The third-order valence-corrected chi connectivity index (χ3v) is 2.23. The number of aryl methyl sites for hydroxylation is 1. The molecule has 0 amide bonds. The zero-order chi connectivity index (χ0) is 9.42. The number of fused-ring (bicyclic) bond motifs is 1. The number of halogens is 2. The minimum Gasteiger partial charge on any atom is -0.217 e. The molecule has 2 aromatic heterocycles. The van der Waals surface area contributed by atoms with Gasteiger partial charge in [0.2, 0.25) is 0 Å². The molecule has 2 aromatic rings. The van der Waals surface area contributed by atoms with E-state index in [0.29, 0.717) is 16.0 Å². The van der Waals surface area contributed by atoms with Crippen molar-refractivity contribution in [2.45, 2.75) is 13.3 Å².